The van der Waals surface area contributed by atoms with Gasteiger partial charge in [0.05, 0.1) is 13.2 Å². The lowest BCUT2D eigenvalue weighted by molar-refractivity contribution is -0.121. The van der Waals surface area contributed by atoms with Crippen molar-refractivity contribution in [3.8, 4) is 0 Å². The molecular formula is C10H16N4O3. The number of nitrogens with one attached hydrogen (secondary N) is 2. The molecule has 94 valence electrons. The fraction of sp³-hybridized carbons (Fsp3) is 0.700. The van der Waals surface area contributed by atoms with Gasteiger partial charge in [-0.1, -0.05) is 5.16 Å². The number of aromatic nitrogens is 2. The van der Waals surface area contributed by atoms with Gasteiger partial charge in [-0.2, -0.15) is 4.98 Å². The van der Waals surface area contributed by atoms with E-state index < -0.39 is 0 Å². The smallest absolute Gasteiger partial charge is 0.245 e. The molecule has 1 atom stereocenters. The van der Waals surface area contributed by atoms with Crippen LogP contribution in [0.1, 0.15) is 24.7 Å². The second kappa shape index (κ2) is 5.74. The molecule has 2 N–H and O–H groups in total. The zero-order chi connectivity index (χ0) is 12.1. The van der Waals surface area contributed by atoms with Crippen molar-refractivity contribution in [1.29, 1.82) is 0 Å². The first-order valence-electron chi connectivity index (χ1n) is 5.70. The highest BCUT2D eigenvalue weighted by Crippen LogP contribution is 2.11. The van der Waals surface area contributed by atoms with Gasteiger partial charge >= 0.3 is 0 Å². The molecule has 2 heterocycles. The number of rotatable bonds is 5. The first-order chi connectivity index (χ1) is 8.29. The molecular weight excluding hydrogens is 224 g/mol. The summed E-state index contributed by atoms with van der Waals surface area (Å²) in [5, 5.41) is 9.63. The molecule has 1 aliphatic rings. The van der Waals surface area contributed by atoms with E-state index in [1.54, 1.807) is 0 Å². The standard InChI is InChI=1S/C10H16N4O3/c1-2-16-4-3-8-13-10(17-14-8)7-5-12-9(15)6-11-7/h7,11H,2-6H2,1H3,(H,12,15). The van der Waals surface area contributed by atoms with Crippen LogP contribution in [-0.2, 0) is 16.0 Å². The van der Waals surface area contributed by atoms with Gasteiger partial charge in [0.1, 0.15) is 6.04 Å². The minimum absolute atomic E-state index is 0.0164. The number of amides is 1. The molecule has 1 unspecified atom stereocenters. The lowest BCUT2D eigenvalue weighted by atomic mass is 10.2. The number of ether oxygens (including phenoxy) is 1. The maximum atomic E-state index is 11.0. The van der Waals surface area contributed by atoms with E-state index >= 15 is 0 Å². The van der Waals surface area contributed by atoms with E-state index in [4.69, 9.17) is 9.26 Å². The molecule has 7 nitrogen and oxygen atoms in total. The molecule has 0 spiro atoms. The van der Waals surface area contributed by atoms with Crippen LogP contribution in [0, 0.1) is 0 Å². The normalized spacial score (nSPS) is 20.3. The quantitative estimate of drug-likeness (QED) is 0.669. The van der Waals surface area contributed by atoms with E-state index in [-0.39, 0.29) is 18.5 Å². The number of nitrogens with zero attached hydrogens (tertiary/aromatic N) is 2. The first kappa shape index (κ1) is 12.0. The van der Waals surface area contributed by atoms with Gasteiger partial charge in [-0.3, -0.25) is 10.1 Å². The monoisotopic (exact) mass is 240 g/mol. The van der Waals surface area contributed by atoms with Crippen LogP contribution < -0.4 is 10.6 Å². The Morgan fingerprint density at radius 3 is 3.18 bits per heavy atom. The van der Waals surface area contributed by atoms with Crippen LogP contribution in [0.4, 0.5) is 0 Å². The number of carbonyl (C=O) groups is 1. The highest BCUT2D eigenvalue weighted by molar-refractivity contribution is 5.78. The summed E-state index contributed by atoms with van der Waals surface area (Å²) in [6.07, 6.45) is 0.635. The van der Waals surface area contributed by atoms with Gasteiger partial charge in [-0.05, 0) is 6.92 Å². The molecule has 1 aromatic heterocycles. The van der Waals surface area contributed by atoms with Crippen molar-refractivity contribution in [2.45, 2.75) is 19.4 Å². The Morgan fingerprint density at radius 1 is 1.59 bits per heavy atom. The molecule has 0 aromatic carbocycles. The topological polar surface area (TPSA) is 89.3 Å². The molecule has 1 amide bonds. The van der Waals surface area contributed by atoms with E-state index in [0.717, 1.165) is 0 Å². The zero-order valence-corrected chi connectivity index (χ0v) is 9.73. The molecule has 0 saturated carbocycles. The van der Waals surface area contributed by atoms with Crippen molar-refractivity contribution in [3.05, 3.63) is 11.7 Å². The van der Waals surface area contributed by atoms with E-state index in [0.29, 0.717) is 37.9 Å². The molecule has 1 aliphatic heterocycles. The van der Waals surface area contributed by atoms with Gasteiger partial charge in [-0.15, -0.1) is 0 Å². The van der Waals surface area contributed by atoms with Crippen LogP contribution in [0.2, 0.25) is 0 Å². The van der Waals surface area contributed by atoms with E-state index in [9.17, 15) is 4.79 Å². The Labute approximate surface area is 98.9 Å². The van der Waals surface area contributed by atoms with Crippen molar-refractivity contribution in [2.75, 3.05) is 26.3 Å². The fourth-order valence-corrected chi connectivity index (χ4v) is 1.56. The van der Waals surface area contributed by atoms with Gasteiger partial charge in [0.15, 0.2) is 5.82 Å². The third-order valence-electron chi connectivity index (χ3n) is 2.47. The second-order valence-electron chi connectivity index (χ2n) is 3.73. The minimum Gasteiger partial charge on any atom is -0.381 e. The van der Waals surface area contributed by atoms with Crippen LogP contribution >= 0.6 is 0 Å². The van der Waals surface area contributed by atoms with Crippen molar-refractivity contribution in [3.63, 3.8) is 0 Å². The average Bonchev–Trinajstić information content (AvgIpc) is 2.79. The molecule has 0 radical (unpaired) electrons. The number of hydrogen-bond acceptors (Lipinski definition) is 6. The van der Waals surface area contributed by atoms with Crippen LogP contribution in [0.3, 0.4) is 0 Å². The molecule has 1 saturated heterocycles. The zero-order valence-electron chi connectivity index (χ0n) is 9.73. The molecule has 2 rings (SSSR count). The van der Waals surface area contributed by atoms with Crippen LogP contribution in [0.15, 0.2) is 4.52 Å². The molecule has 1 fully saturated rings. The van der Waals surface area contributed by atoms with Crippen molar-refractivity contribution >= 4 is 5.91 Å². The minimum atomic E-state index is -0.0963. The van der Waals surface area contributed by atoms with Crippen molar-refractivity contribution in [2.24, 2.45) is 0 Å². The number of hydrogen-bond donors (Lipinski definition) is 2. The molecule has 1 aromatic rings. The SMILES string of the molecule is CCOCCc1noc(C2CNC(=O)CN2)n1. The average molecular weight is 240 g/mol. The van der Waals surface area contributed by atoms with Gasteiger partial charge < -0.3 is 14.6 Å². The van der Waals surface area contributed by atoms with Gasteiger partial charge in [0.2, 0.25) is 11.8 Å². The number of piperazine rings is 1. The van der Waals surface area contributed by atoms with Gasteiger partial charge in [-0.25, -0.2) is 0 Å². The van der Waals surface area contributed by atoms with Gasteiger partial charge in [0.25, 0.3) is 0 Å². The van der Waals surface area contributed by atoms with E-state index in [2.05, 4.69) is 20.8 Å². The summed E-state index contributed by atoms with van der Waals surface area (Å²) < 4.78 is 10.4. The highest BCUT2D eigenvalue weighted by Gasteiger charge is 2.23. The van der Waals surface area contributed by atoms with Crippen LogP contribution in [0.5, 0.6) is 0 Å². The predicted octanol–water partition coefficient (Wildman–Crippen LogP) is -0.591. The van der Waals surface area contributed by atoms with E-state index in [1.165, 1.54) is 0 Å². The third-order valence-corrected chi connectivity index (χ3v) is 2.47. The molecule has 7 heteroatoms. The number of carbonyl (C=O) groups excluding carboxylic acids is 1. The first-order valence-corrected chi connectivity index (χ1v) is 5.70. The Hall–Kier alpha value is -1.47. The summed E-state index contributed by atoms with van der Waals surface area (Å²) >= 11 is 0. The fourth-order valence-electron chi connectivity index (χ4n) is 1.56. The highest BCUT2D eigenvalue weighted by atomic mass is 16.5. The largest absolute Gasteiger partial charge is 0.381 e. The predicted molar refractivity (Wildman–Crippen MR) is 58.2 cm³/mol. The maximum Gasteiger partial charge on any atom is 0.245 e. The lowest BCUT2D eigenvalue weighted by Crippen LogP contribution is -2.47. The summed E-state index contributed by atoms with van der Waals surface area (Å²) in [5.74, 6) is 1.13. The lowest BCUT2D eigenvalue weighted by Gasteiger charge is -2.20. The van der Waals surface area contributed by atoms with Crippen LogP contribution in [0.25, 0.3) is 0 Å². The Kier molecular flexibility index (Phi) is 4.05. The molecule has 0 bridgehead atoms. The third kappa shape index (κ3) is 3.24. The summed E-state index contributed by atoms with van der Waals surface area (Å²) in [6.45, 7) is 3.97. The van der Waals surface area contributed by atoms with E-state index in [1.807, 2.05) is 6.92 Å². The van der Waals surface area contributed by atoms with Crippen LogP contribution in [-0.4, -0.2) is 42.4 Å². The van der Waals surface area contributed by atoms with Crippen molar-refractivity contribution in [1.82, 2.24) is 20.8 Å². The maximum absolute atomic E-state index is 11.0. The second-order valence-corrected chi connectivity index (χ2v) is 3.73. The Bertz CT molecular complexity index is 369. The summed E-state index contributed by atoms with van der Waals surface area (Å²) in [5.41, 5.74) is 0. The summed E-state index contributed by atoms with van der Waals surface area (Å²) in [6, 6.07) is -0.0963. The van der Waals surface area contributed by atoms with Crippen molar-refractivity contribution < 1.29 is 14.1 Å². The Morgan fingerprint density at radius 2 is 2.47 bits per heavy atom. The Balaban J connectivity index is 1.87. The molecule has 0 aliphatic carbocycles. The summed E-state index contributed by atoms with van der Waals surface area (Å²) in [4.78, 5) is 15.2. The molecule has 17 heavy (non-hydrogen) atoms. The van der Waals surface area contributed by atoms with Gasteiger partial charge in [0, 0.05) is 19.6 Å². The summed E-state index contributed by atoms with van der Waals surface area (Å²) in [7, 11) is 0.